The van der Waals surface area contributed by atoms with Gasteiger partial charge in [0.2, 0.25) is 11.8 Å². The first kappa shape index (κ1) is 42.7. The molecule has 0 aliphatic heterocycles. The van der Waals surface area contributed by atoms with Crippen LogP contribution in [-0.4, -0.2) is 20.2 Å². The number of aromatic hydroxyl groups is 2. The Morgan fingerprint density at radius 1 is 0.403 bits per heavy atom. The molecular formula is C42H24F12N4O4. The van der Waals surface area contributed by atoms with E-state index in [0.29, 0.717) is 47.5 Å². The summed E-state index contributed by atoms with van der Waals surface area (Å²) in [7, 11) is 0. The first-order valence-corrected chi connectivity index (χ1v) is 17.4. The van der Waals surface area contributed by atoms with Gasteiger partial charge in [0.25, 0.3) is 0 Å². The predicted molar refractivity (Wildman–Crippen MR) is 202 cm³/mol. The summed E-state index contributed by atoms with van der Waals surface area (Å²) in [6, 6.07) is 21.7. The Hall–Kier alpha value is -7.38. The lowest BCUT2D eigenvalue weighted by Crippen LogP contribution is -2.12. The van der Waals surface area contributed by atoms with E-state index in [9.17, 15) is 62.9 Å². The van der Waals surface area contributed by atoms with Crippen LogP contribution in [0, 0.1) is 0 Å². The summed E-state index contributed by atoms with van der Waals surface area (Å²) in [5, 5.41) is 19.0. The first-order chi connectivity index (χ1) is 28.9. The van der Waals surface area contributed by atoms with Gasteiger partial charge in [-0.05, 0) is 95.1 Å². The number of nitrogens with two attached hydrogens (primary N) is 2. The number of nitrogen functional groups attached to an aromatic ring is 2. The lowest BCUT2D eigenvalue weighted by atomic mass is 9.93. The molecule has 0 spiro atoms. The summed E-state index contributed by atoms with van der Waals surface area (Å²) in [6.07, 6.45) is -20.1. The van der Waals surface area contributed by atoms with E-state index >= 15 is 0 Å². The van der Waals surface area contributed by atoms with Crippen LogP contribution in [0.4, 0.5) is 64.1 Å². The van der Waals surface area contributed by atoms with Gasteiger partial charge in [-0.2, -0.15) is 52.7 Å². The molecular weight excluding hydrogens is 852 g/mol. The second-order valence-corrected chi connectivity index (χ2v) is 13.4. The van der Waals surface area contributed by atoms with Crippen molar-refractivity contribution in [1.82, 2.24) is 9.97 Å². The SMILES string of the molecule is FC(F)(F)c1cc2nc(-c3ccccc3)oc2cc1-c1cc2oc(-c3ccccc3)nc2cc1C(F)(F)F.Nc1cc(C(F)(F)F)c(-c2cc(O)c(N)cc2C(F)(F)F)cc1O. The van der Waals surface area contributed by atoms with Gasteiger partial charge in [-0.25, -0.2) is 9.97 Å². The highest BCUT2D eigenvalue weighted by molar-refractivity contribution is 5.90. The highest BCUT2D eigenvalue weighted by Crippen LogP contribution is 2.49. The summed E-state index contributed by atoms with van der Waals surface area (Å²) in [5.74, 6) is -1.58. The van der Waals surface area contributed by atoms with Crippen LogP contribution in [0.2, 0.25) is 0 Å². The van der Waals surface area contributed by atoms with Crippen LogP contribution in [-0.2, 0) is 24.7 Å². The number of oxazole rings is 2. The van der Waals surface area contributed by atoms with Gasteiger partial charge in [-0.1, -0.05) is 36.4 Å². The van der Waals surface area contributed by atoms with E-state index in [1.165, 1.54) is 0 Å². The lowest BCUT2D eigenvalue weighted by molar-refractivity contribution is -0.139. The zero-order valence-corrected chi connectivity index (χ0v) is 30.7. The molecule has 0 atom stereocenters. The van der Waals surface area contributed by atoms with Crippen molar-refractivity contribution in [2.75, 3.05) is 11.5 Å². The largest absolute Gasteiger partial charge is 0.506 e. The number of rotatable bonds is 4. The third-order valence-corrected chi connectivity index (χ3v) is 9.23. The van der Waals surface area contributed by atoms with Crippen molar-refractivity contribution in [3.05, 3.63) is 131 Å². The summed E-state index contributed by atoms with van der Waals surface area (Å²) in [5.41, 5.74) is 0.672. The van der Waals surface area contributed by atoms with Crippen molar-refractivity contribution >= 4 is 33.6 Å². The number of phenols is 2. The quantitative estimate of drug-likeness (QED) is 0.0777. The van der Waals surface area contributed by atoms with E-state index < -0.39 is 92.1 Å². The fourth-order valence-electron chi connectivity index (χ4n) is 6.40. The molecule has 20 heteroatoms. The molecule has 0 saturated carbocycles. The van der Waals surface area contributed by atoms with Crippen LogP contribution in [0.1, 0.15) is 22.3 Å². The van der Waals surface area contributed by atoms with Crippen LogP contribution >= 0.6 is 0 Å². The predicted octanol–water partition coefficient (Wildman–Crippen LogP) is 13.0. The Labute approximate surface area is 339 Å². The number of phenolic OH excluding ortho intramolecular Hbond substituents is 2. The van der Waals surface area contributed by atoms with E-state index in [0.717, 1.165) is 12.1 Å². The monoisotopic (exact) mass is 876 g/mol. The molecule has 8 nitrogen and oxygen atoms in total. The molecule has 0 bridgehead atoms. The van der Waals surface area contributed by atoms with Crippen LogP contribution in [0.5, 0.6) is 11.5 Å². The van der Waals surface area contributed by atoms with E-state index in [2.05, 4.69) is 9.97 Å². The maximum atomic E-state index is 14.2. The third kappa shape index (κ3) is 8.48. The molecule has 6 aromatic carbocycles. The summed E-state index contributed by atoms with van der Waals surface area (Å²) in [6.45, 7) is 0. The number of halogens is 12. The van der Waals surface area contributed by atoms with E-state index in [-0.39, 0.29) is 34.0 Å². The second-order valence-electron chi connectivity index (χ2n) is 13.4. The van der Waals surface area contributed by atoms with Crippen LogP contribution in [0.25, 0.3) is 67.4 Å². The maximum absolute atomic E-state index is 14.2. The number of benzene rings is 6. The normalized spacial score (nSPS) is 12.5. The number of hydrogen-bond acceptors (Lipinski definition) is 8. The van der Waals surface area contributed by atoms with Crippen molar-refractivity contribution in [3.63, 3.8) is 0 Å². The van der Waals surface area contributed by atoms with Crippen molar-refractivity contribution < 1.29 is 71.7 Å². The minimum atomic E-state index is -5.04. The Bertz CT molecular complexity index is 2760. The standard InChI is InChI=1S/C28H14F6N2O2.C14H10F6N2O2/c29-27(30,31)19-13-21-23(37-25(35-21)15-7-3-1-4-8-15)11-17(19)18-12-24-22(14-20(18)28(32,33)34)36-26(38-24)16-9-5-2-6-10-16;15-13(16,17)7-3-9(21)11(23)1-5(7)6-2-12(24)10(22)4-8(6)14(18,19)20/h1-14H;1-4,23-24H,21-22H2. The topological polar surface area (TPSA) is 145 Å². The molecule has 62 heavy (non-hydrogen) atoms. The first-order valence-electron chi connectivity index (χ1n) is 17.4. The Morgan fingerprint density at radius 2 is 0.694 bits per heavy atom. The fraction of sp³-hybridized carbons (Fsp3) is 0.0952. The average Bonchev–Trinajstić information content (AvgIpc) is 3.82. The van der Waals surface area contributed by atoms with Crippen molar-refractivity contribution in [1.29, 1.82) is 0 Å². The minimum Gasteiger partial charge on any atom is -0.506 e. The Morgan fingerprint density at radius 3 is 1.00 bits per heavy atom. The molecule has 2 aromatic heterocycles. The third-order valence-electron chi connectivity index (χ3n) is 9.23. The van der Waals surface area contributed by atoms with Crippen molar-refractivity contribution in [2.45, 2.75) is 24.7 Å². The molecule has 8 aromatic rings. The van der Waals surface area contributed by atoms with Gasteiger partial charge < -0.3 is 30.5 Å². The summed E-state index contributed by atoms with van der Waals surface area (Å²) in [4.78, 5) is 8.27. The number of aromatic nitrogens is 2. The molecule has 6 N–H and O–H groups in total. The lowest BCUT2D eigenvalue weighted by Gasteiger charge is -2.19. The molecule has 0 unspecified atom stereocenters. The zero-order chi connectivity index (χ0) is 45.1. The average molecular weight is 877 g/mol. The molecule has 0 aliphatic carbocycles. The van der Waals surface area contributed by atoms with Gasteiger partial charge in [-0.3, -0.25) is 0 Å². The van der Waals surface area contributed by atoms with Gasteiger partial charge >= 0.3 is 24.7 Å². The van der Waals surface area contributed by atoms with Crippen LogP contribution in [0.15, 0.2) is 118 Å². The van der Waals surface area contributed by atoms with Gasteiger partial charge in [0.05, 0.1) is 33.6 Å². The minimum absolute atomic E-state index is 0.0418. The summed E-state index contributed by atoms with van der Waals surface area (Å²) >= 11 is 0. The number of hydrogen-bond donors (Lipinski definition) is 4. The van der Waals surface area contributed by atoms with Gasteiger partial charge in [0.15, 0.2) is 11.2 Å². The van der Waals surface area contributed by atoms with E-state index in [4.69, 9.17) is 20.3 Å². The Kier molecular flexibility index (Phi) is 10.5. The molecule has 0 aliphatic rings. The Balaban J connectivity index is 0.000000208. The number of fused-ring (bicyclic) bond motifs is 2. The highest BCUT2D eigenvalue weighted by Gasteiger charge is 2.41. The molecule has 0 fully saturated rings. The molecule has 0 amide bonds. The van der Waals surface area contributed by atoms with E-state index in [1.54, 1.807) is 60.7 Å². The molecule has 0 saturated heterocycles. The zero-order valence-electron chi connectivity index (χ0n) is 30.7. The van der Waals surface area contributed by atoms with Gasteiger partial charge in [0.1, 0.15) is 22.5 Å². The fourth-order valence-corrected chi connectivity index (χ4v) is 6.40. The van der Waals surface area contributed by atoms with Crippen LogP contribution < -0.4 is 11.5 Å². The summed E-state index contributed by atoms with van der Waals surface area (Å²) < 4.78 is 175. The van der Waals surface area contributed by atoms with Crippen molar-refractivity contribution in [2.24, 2.45) is 0 Å². The molecule has 320 valence electrons. The highest BCUT2D eigenvalue weighted by atomic mass is 19.4. The molecule has 0 radical (unpaired) electrons. The van der Waals surface area contributed by atoms with Gasteiger partial charge in [-0.15, -0.1) is 0 Å². The molecule has 2 heterocycles. The van der Waals surface area contributed by atoms with Gasteiger partial charge in [0, 0.05) is 11.1 Å². The second kappa shape index (κ2) is 15.3. The molecule has 8 rings (SSSR count). The van der Waals surface area contributed by atoms with Crippen LogP contribution in [0.3, 0.4) is 0 Å². The maximum Gasteiger partial charge on any atom is 0.417 e. The smallest absolute Gasteiger partial charge is 0.417 e. The number of nitrogens with zero attached hydrogens (tertiary/aromatic N) is 2. The number of anilines is 2. The number of alkyl halides is 12. The van der Waals surface area contributed by atoms with E-state index in [1.807, 2.05) is 0 Å². The van der Waals surface area contributed by atoms with Crippen molar-refractivity contribution in [3.8, 4) is 56.7 Å².